The molecule has 0 bridgehead atoms. The summed E-state index contributed by atoms with van der Waals surface area (Å²) in [6, 6.07) is 0. The summed E-state index contributed by atoms with van der Waals surface area (Å²) in [4.78, 5) is 24.9. The number of hydrogen-bond donors (Lipinski definition) is 1. The summed E-state index contributed by atoms with van der Waals surface area (Å²) in [5.74, 6) is 1.76. The minimum Gasteiger partial charge on any atom is -0.354 e. The molecule has 1 aromatic rings. The second kappa shape index (κ2) is 8.45. The maximum atomic E-state index is 11.6. The molecule has 1 aromatic heterocycles. The van der Waals surface area contributed by atoms with Crippen molar-refractivity contribution in [2.24, 2.45) is 5.92 Å². The number of carbonyl (C=O) groups is 1. The van der Waals surface area contributed by atoms with E-state index in [9.17, 15) is 4.79 Å². The maximum Gasteiger partial charge on any atom is 0.227 e. The van der Waals surface area contributed by atoms with Gasteiger partial charge >= 0.3 is 0 Å². The van der Waals surface area contributed by atoms with Gasteiger partial charge in [-0.1, -0.05) is 18.5 Å². The molecule has 0 amide bonds. The van der Waals surface area contributed by atoms with Gasteiger partial charge in [-0.15, -0.1) is 0 Å². The van der Waals surface area contributed by atoms with Crippen LogP contribution >= 0.6 is 11.6 Å². The summed E-state index contributed by atoms with van der Waals surface area (Å²) in [6.45, 7) is 7.92. The van der Waals surface area contributed by atoms with Gasteiger partial charge in [-0.2, -0.15) is 4.98 Å². The number of ketones is 1. The topological polar surface area (TPSA) is 61.4 Å². The maximum absolute atomic E-state index is 11.6. The number of rotatable bonds is 8. The van der Waals surface area contributed by atoms with Gasteiger partial charge < -0.3 is 15.1 Å². The molecule has 1 unspecified atom stereocenters. The van der Waals surface area contributed by atoms with E-state index < -0.39 is 0 Å². The van der Waals surface area contributed by atoms with Crippen LogP contribution in [-0.2, 0) is 4.79 Å². The molecule has 2 rings (SSSR count). The van der Waals surface area contributed by atoms with Crippen molar-refractivity contribution in [2.45, 2.75) is 26.7 Å². The van der Waals surface area contributed by atoms with E-state index in [-0.39, 0.29) is 11.7 Å². The third-order valence-electron chi connectivity index (χ3n) is 4.18. The first-order valence-corrected chi connectivity index (χ1v) is 8.62. The molecule has 0 aliphatic carbocycles. The van der Waals surface area contributed by atoms with Crippen LogP contribution in [0.4, 0.5) is 11.8 Å². The summed E-state index contributed by atoms with van der Waals surface area (Å²) in [7, 11) is 1.93. The van der Waals surface area contributed by atoms with E-state index in [2.05, 4.69) is 32.0 Å². The van der Waals surface area contributed by atoms with Gasteiger partial charge in [0, 0.05) is 38.6 Å². The fraction of sp³-hybridized carbons (Fsp3) is 0.688. The van der Waals surface area contributed by atoms with E-state index in [4.69, 9.17) is 11.6 Å². The smallest absolute Gasteiger partial charge is 0.227 e. The molecule has 1 N–H and O–H groups in total. The van der Waals surface area contributed by atoms with Crippen molar-refractivity contribution in [3.05, 3.63) is 11.2 Å². The average Bonchev–Trinajstić information content (AvgIpc) is 3.02. The van der Waals surface area contributed by atoms with Crippen molar-refractivity contribution in [3.63, 3.8) is 0 Å². The monoisotopic (exact) mass is 339 g/mol. The normalized spacial score (nSPS) is 17.6. The van der Waals surface area contributed by atoms with Crippen LogP contribution in [0, 0.1) is 5.92 Å². The van der Waals surface area contributed by atoms with Gasteiger partial charge in [0.2, 0.25) is 5.95 Å². The van der Waals surface area contributed by atoms with E-state index in [0.717, 1.165) is 44.8 Å². The zero-order valence-corrected chi connectivity index (χ0v) is 14.9. The minimum absolute atomic E-state index is 0.0838. The van der Waals surface area contributed by atoms with Gasteiger partial charge in [-0.05, 0) is 26.8 Å². The molecule has 6 nitrogen and oxygen atoms in total. The molecule has 128 valence electrons. The van der Waals surface area contributed by atoms with Crippen LogP contribution in [0.25, 0.3) is 0 Å². The van der Waals surface area contributed by atoms with Crippen molar-refractivity contribution in [1.82, 2.24) is 15.3 Å². The van der Waals surface area contributed by atoms with Crippen LogP contribution in [0.1, 0.15) is 26.7 Å². The summed E-state index contributed by atoms with van der Waals surface area (Å²) in [5, 5.41) is 3.70. The lowest BCUT2D eigenvalue weighted by atomic mass is 10.1. The fourth-order valence-corrected chi connectivity index (χ4v) is 3.05. The molecule has 1 atom stereocenters. The summed E-state index contributed by atoms with van der Waals surface area (Å²) in [5.41, 5.74) is 0. The number of nitrogens with zero attached hydrogens (tertiary/aromatic N) is 4. The third-order valence-corrected chi connectivity index (χ3v) is 4.45. The van der Waals surface area contributed by atoms with Crippen LogP contribution in [0.5, 0.6) is 0 Å². The van der Waals surface area contributed by atoms with E-state index in [1.165, 1.54) is 0 Å². The highest BCUT2D eigenvalue weighted by Crippen LogP contribution is 2.30. The van der Waals surface area contributed by atoms with Gasteiger partial charge in [0.1, 0.15) is 10.8 Å². The van der Waals surface area contributed by atoms with Crippen molar-refractivity contribution < 1.29 is 4.79 Å². The van der Waals surface area contributed by atoms with E-state index >= 15 is 0 Å². The molecule has 2 heterocycles. The van der Waals surface area contributed by atoms with Crippen LogP contribution in [0.3, 0.4) is 0 Å². The van der Waals surface area contributed by atoms with Crippen LogP contribution < -0.4 is 15.1 Å². The molecule has 1 fully saturated rings. The Morgan fingerprint density at radius 2 is 2.30 bits per heavy atom. The minimum atomic E-state index is 0.0838. The Labute approximate surface area is 143 Å². The summed E-state index contributed by atoms with van der Waals surface area (Å²) >= 11 is 6.31. The molecule has 0 saturated carbocycles. The lowest BCUT2D eigenvalue weighted by Crippen LogP contribution is -2.33. The van der Waals surface area contributed by atoms with Crippen LogP contribution in [0.2, 0.25) is 5.02 Å². The molecule has 1 saturated heterocycles. The summed E-state index contributed by atoms with van der Waals surface area (Å²) < 4.78 is 0. The lowest BCUT2D eigenvalue weighted by molar-refractivity contribution is -0.120. The highest BCUT2D eigenvalue weighted by atomic mass is 35.5. The molecule has 23 heavy (non-hydrogen) atoms. The Bertz CT molecular complexity index is 539. The number of halogens is 1. The van der Waals surface area contributed by atoms with Crippen LogP contribution in [-0.4, -0.2) is 55.5 Å². The van der Waals surface area contributed by atoms with Gasteiger partial charge in [0.25, 0.3) is 0 Å². The molecule has 1 aliphatic rings. The number of nitrogens with one attached hydrogen (secondary N) is 1. The molecule has 0 radical (unpaired) electrons. The highest BCUT2D eigenvalue weighted by Gasteiger charge is 2.28. The van der Waals surface area contributed by atoms with Crippen molar-refractivity contribution >= 4 is 29.2 Å². The third kappa shape index (κ3) is 4.54. The standard InChI is InChI=1S/C16H26ClN5O/c1-4-7-21(9-6-18-3)16-19-10-14(17)15(20-16)22-8-5-13(11-22)12(2)23/h10,13,18H,4-9,11H2,1-3H3. The van der Waals surface area contributed by atoms with Crippen molar-refractivity contribution in [2.75, 3.05) is 49.6 Å². The Balaban J connectivity index is 2.19. The van der Waals surface area contributed by atoms with Crippen LogP contribution in [0.15, 0.2) is 6.20 Å². The molecule has 1 aliphatic heterocycles. The summed E-state index contributed by atoms with van der Waals surface area (Å²) in [6.07, 6.45) is 3.56. The first kappa shape index (κ1) is 17.9. The molecule has 0 spiro atoms. The first-order chi connectivity index (χ1) is 11.1. The first-order valence-electron chi connectivity index (χ1n) is 8.24. The zero-order valence-electron chi connectivity index (χ0n) is 14.2. The number of aromatic nitrogens is 2. The number of Topliss-reactive ketones (excluding diaryl/α,β-unsaturated/α-hetero) is 1. The fourth-order valence-electron chi connectivity index (χ4n) is 2.84. The average molecular weight is 340 g/mol. The second-order valence-corrected chi connectivity index (χ2v) is 6.38. The van der Waals surface area contributed by atoms with Gasteiger partial charge in [0.15, 0.2) is 5.82 Å². The van der Waals surface area contributed by atoms with Gasteiger partial charge in [-0.25, -0.2) is 4.98 Å². The second-order valence-electron chi connectivity index (χ2n) is 5.97. The quantitative estimate of drug-likeness (QED) is 0.781. The Morgan fingerprint density at radius 1 is 1.52 bits per heavy atom. The molecular weight excluding hydrogens is 314 g/mol. The highest BCUT2D eigenvalue weighted by molar-refractivity contribution is 6.32. The molecular formula is C16H26ClN5O. The molecule has 7 heteroatoms. The van der Waals surface area contributed by atoms with Gasteiger partial charge in [-0.3, -0.25) is 4.79 Å². The number of carbonyl (C=O) groups excluding carboxylic acids is 1. The van der Waals surface area contributed by atoms with Gasteiger partial charge in [0.05, 0.1) is 6.20 Å². The SMILES string of the molecule is CCCN(CCNC)c1ncc(Cl)c(N2CCC(C(C)=O)C2)n1. The van der Waals surface area contributed by atoms with Crippen molar-refractivity contribution in [1.29, 1.82) is 0 Å². The largest absolute Gasteiger partial charge is 0.354 e. The van der Waals surface area contributed by atoms with E-state index in [1.54, 1.807) is 13.1 Å². The number of anilines is 2. The van der Waals surface area contributed by atoms with Crippen molar-refractivity contribution in [3.8, 4) is 0 Å². The van der Waals surface area contributed by atoms with E-state index in [1.807, 2.05) is 7.05 Å². The lowest BCUT2D eigenvalue weighted by Gasteiger charge is -2.24. The predicted octanol–water partition coefficient (Wildman–Crippen LogP) is 1.98. The Hall–Kier alpha value is -1.40. The number of hydrogen-bond acceptors (Lipinski definition) is 6. The Kier molecular flexibility index (Phi) is 6.59. The number of likely N-dealkylation sites (N-methyl/N-ethyl adjacent to an activating group) is 1. The van der Waals surface area contributed by atoms with E-state index in [0.29, 0.717) is 17.5 Å². The Morgan fingerprint density at radius 3 is 2.91 bits per heavy atom. The zero-order chi connectivity index (χ0) is 16.8. The molecule has 0 aromatic carbocycles. The predicted molar refractivity (Wildman–Crippen MR) is 94.5 cm³/mol.